The van der Waals surface area contributed by atoms with Crippen LogP contribution >= 0.6 is 15.9 Å². The predicted molar refractivity (Wildman–Crippen MR) is 110 cm³/mol. The average Bonchev–Trinajstić information content (AvgIpc) is 3.16. The van der Waals surface area contributed by atoms with Crippen molar-refractivity contribution in [1.82, 2.24) is 5.32 Å². The summed E-state index contributed by atoms with van der Waals surface area (Å²) in [5.41, 5.74) is 3.46. The zero-order chi connectivity index (χ0) is 19.1. The third kappa shape index (κ3) is 5.62. The van der Waals surface area contributed by atoms with Gasteiger partial charge in [0.1, 0.15) is 12.4 Å². The second-order valence-electron chi connectivity index (χ2n) is 6.28. The molecule has 0 atom stereocenters. The summed E-state index contributed by atoms with van der Waals surface area (Å²) < 4.78 is 18.2. The van der Waals surface area contributed by atoms with E-state index in [1.54, 1.807) is 6.26 Å². The molecule has 4 nitrogen and oxygen atoms in total. The van der Waals surface area contributed by atoms with E-state index in [0.717, 1.165) is 32.9 Å². The highest BCUT2D eigenvalue weighted by Gasteiger charge is 2.11. The second kappa shape index (κ2) is 9.62. The number of aryl methyl sites for hydroxylation is 1. The first-order valence-electron chi connectivity index (χ1n) is 9.02. The number of ether oxygens (including phenoxy) is 2. The largest absolute Gasteiger partial charge is 0.490 e. The summed E-state index contributed by atoms with van der Waals surface area (Å²) in [5.74, 6) is 2.40. The highest BCUT2D eigenvalue weighted by atomic mass is 79.9. The minimum Gasteiger partial charge on any atom is -0.490 e. The molecule has 5 heteroatoms. The molecule has 0 aliphatic heterocycles. The first-order valence-corrected chi connectivity index (χ1v) is 9.81. The third-order valence-corrected chi connectivity index (χ3v) is 4.82. The van der Waals surface area contributed by atoms with Crippen LogP contribution in [0.25, 0.3) is 0 Å². The van der Waals surface area contributed by atoms with Gasteiger partial charge in [-0.3, -0.25) is 0 Å². The molecular weight excluding hydrogens is 406 g/mol. The fourth-order valence-electron chi connectivity index (χ4n) is 2.79. The van der Waals surface area contributed by atoms with Crippen molar-refractivity contribution in [2.45, 2.75) is 33.5 Å². The summed E-state index contributed by atoms with van der Waals surface area (Å²) in [5, 5.41) is 3.38. The topological polar surface area (TPSA) is 43.6 Å². The van der Waals surface area contributed by atoms with Gasteiger partial charge in [-0.1, -0.05) is 45.8 Å². The molecule has 3 aromatic rings. The predicted octanol–water partition coefficient (Wildman–Crippen LogP) is 5.62. The van der Waals surface area contributed by atoms with E-state index in [4.69, 9.17) is 13.9 Å². The van der Waals surface area contributed by atoms with Crippen LogP contribution in [0, 0.1) is 6.92 Å². The molecule has 0 saturated heterocycles. The van der Waals surface area contributed by atoms with Crippen molar-refractivity contribution < 1.29 is 13.9 Å². The Morgan fingerprint density at radius 1 is 1.00 bits per heavy atom. The molecule has 0 aliphatic rings. The number of benzene rings is 2. The first kappa shape index (κ1) is 19.5. The summed E-state index contributed by atoms with van der Waals surface area (Å²) in [4.78, 5) is 0. The lowest BCUT2D eigenvalue weighted by Crippen LogP contribution is -2.13. The quantitative estimate of drug-likeness (QED) is 0.479. The molecule has 1 heterocycles. The van der Waals surface area contributed by atoms with Gasteiger partial charge in [0.05, 0.1) is 19.4 Å². The third-order valence-electron chi connectivity index (χ3n) is 4.08. The smallest absolute Gasteiger partial charge is 0.162 e. The van der Waals surface area contributed by atoms with E-state index in [-0.39, 0.29) is 0 Å². The van der Waals surface area contributed by atoms with Crippen LogP contribution in [0.2, 0.25) is 0 Å². The monoisotopic (exact) mass is 429 g/mol. The summed E-state index contributed by atoms with van der Waals surface area (Å²) in [7, 11) is 0. The van der Waals surface area contributed by atoms with E-state index in [1.807, 2.05) is 37.3 Å². The Hall–Kier alpha value is -2.24. The molecule has 0 spiro atoms. The molecule has 0 radical (unpaired) electrons. The van der Waals surface area contributed by atoms with Crippen molar-refractivity contribution in [3.63, 3.8) is 0 Å². The Balaban J connectivity index is 1.68. The fraction of sp³-hybridized carbons (Fsp3) is 0.273. The lowest BCUT2D eigenvalue weighted by Gasteiger charge is -2.15. The molecule has 0 bridgehead atoms. The molecule has 2 aromatic carbocycles. The Bertz CT molecular complexity index is 862. The summed E-state index contributed by atoms with van der Waals surface area (Å²) in [6.07, 6.45) is 1.68. The molecule has 3 rings (SSSR count). The van der Waals surface area contributed by atoms with Crippen LogP contribution in [0.4, 0.5) is 0 Å². The van der Waals surface area contributed by atoms with Gasteiger partial charge in [0.25, 0.3) is 0 Å². The van der Waals surface area contributed by atoms with E-state index in [9.17, 15) is 0 Å². The van der Waals surface area contributed by atoms with E-state index >= 15 is 0 Å². The molecule has 0 fully saturated rings. The molecule has 27 heavy (non-hydrogen) atoms. The van der Waals surface area contributed by atoms with Crippen LogP contribution in [0.3, 0.4) is 0 Å². The molecule has 142 valence electrons. The van der Waals surface area contributed by atoms with Crippen molar-refractivity contribution in [3.05, 3.63) is 81.7 Å². The zero-order valence-electron chi connectivity index (χ0n) is 15.6. The Morgan fingerprint density at radius 2 is 1.85 bits per heavy atom. The maximum atomic E-state index is 6.04. The molecular formula is C22H24BrNO3. The Labute approximate surface area is 168 Å². The first-order chi connectivity index (χ1) is 13.2. The van der Waals surface area contributed by atoms with Crippen molar-refractivity contribution in [1.29, 1.82) is 0 Å². The maximum Gasteiger partial charge on any atom is 0.162 e. The van der Waals surface area contributed by atoms with Gasteiger partial charge in [-0.25, -0.2) is 0 Å². The van der Waals surface area contributed by atoms with Crippen LogP contribution in [0.1, 0.15) is 29.4 Å². The number of halogens is 1. The van der Waals surface area contributed by atoms with Crippen molar-refractivity contribution in [3.8, 4) is 11.5 Å². The van der Waals surface area contributed by atoms with Crippen molar-refractivity contribution in [2.24, 2.45) is 0 Å². The van der Waals surface area contributed by atoms with Gasteiger partial charge in [0.15, 0.2) is 11.5 Å². The fourth-order valence-corrected chi connectivity index (χ4v) is 3.25. The lowest BCUT2D eigenvalue weighted by molar-refractivity contribution is 0.268. The maximum absolute atomic E-state index is 6.04. The number of hydrogen-bond acceptors (Lipinski definition) is 4. The Kier molecular flexibility index (Phi) is 6.96. The van der Waals surface area contributed by atoms with Crippen LogP contribution in [-0.2, 0) is 19.7 Å². The van der Waals surface area contributed by atoms with Gasteiger partial charge in [-0.2, -0.15) is 0 Å². The molecule has 0 saturated carbocycles. The standard InChI is InChI=1S/C22H24BrNO3/c1-3-25-21-11-18(13-24-14-19-8-5-9-26-19)20(23)12-22(21)27-15-17-7-4-6-16(2)10-17/h4-12,24H,3,13-15H2,1-2H3. The molecule has 1 N–H and O–H groups in total. The Morgan fingerprint density at radius 3 is 2.59 bits per heavy atom. The van der Waals surface area contributed by atoms with E-state index in [1.165, 1.54) is 5.56 Å². The van der Waals surface area contributed by atoms with Crippen LogP contribution in [0.15, 0.2) is 63.7 Å². The average molecular weight is 430 g/mol. The van der Waals surface area contributed by atoms with Gasteiger partial charge in [0, 0.05) is 11.0 Å². The van der Waals surface area contributed by atoms with Gasteiger partial charge in [0.2, 0.25) is 0 Å². The molecule has 0 amide bonds. The minimum absolute atomic E-state index is 0.504. The van der Waals surface area contributed by atoms with Gasteiger partial charge >= 0.3 is 0 Å². The SMILES string of the molecule is CCOc1cc(CNCc2ccco2)c(Br)cc1OCc1cccc(C)c1. The highest BCUT2D eigenvalue weighted by molar-refractivity contribution is 9.10. The number of furan rings is 1. The van der Waals surface area contributed by atoms with Crippen LogP contribution in [0.5, 0.6) is 11.5 Å². The van der Waals surface area contributed by atoms with Crippen LogP contribution in [-0.4, -0.2) is 6.61 Å². The number of nitrogens with one attached hydrogen (secondary N) is 1. The highest BCUT2D eigenvalue weighted by Crippen LogP contribution is 2.34. The number of rotatable bonds is 9. The van der Waals surface area contributed by atoms with Crippen molar-refractivity contribution >= 4 is 15.9 Å². The normalized spacial score (nSPS) is 10.8. The van der Waals surface area contributed by atoms with Gasteiger partial charge in [-0.15, -0.1) is 0 Å². The van der Waals surface area contributed by atoms with E-state index in [2.05, 4.69) is 46.4 Å². The summed E-state index contributed by atoms with van der Waals surface area (Å²) >= 11 is 3.65. The molecule has 1 aromatic heterocycles. The summed E-state index contributed by atoms with van der Waals surface area (Å²) in [6, 6.07) is 16.2. The van der Waals surface area contributed by atoms with E-state index < -0.39 is 0 Å². The van der Waals surface area contributed by atoms with Gasteiger partial charge in [-0.05, 0) is 49.2 Å². The van der Waals surface area contributed by atoms with E-state index in [0.29, 0.717) is 26.3 Å². The van der Waals surface area contributed by atoms with Crippen molar-refractivity contribution in [2.75, 3.05) is 6.61 Å². The van der Waals surface area contributed by atoms with Crippen LogP contribution < -0.4 is 14.8 Å². The second-order valence-corrected chi connectivity index (χ2v) is 7.14. The zero-order valence-corrected chi connectivity index (χ0v) is 17.2. The summed E-state index contributed by atoms with van der Waals surface area (Å²) in [6.45, 7) is 6.51. The minimum atomic E-state index is 0.504. The van der Waals surface area contributed by atoms with Gasteiger partial charge < -0.3 is 19.2 Å². The molecule has 0 unspecified atom stereocenters. The lowest BCUT2D eigenvalue weighted by atomic mass is 10.1. The molecule has 0 aliphatic carbocycles. The number of hydrogen-bond donors (Lipinski definition) is 1.